The van der Waals surface area contributed by atoms with Crippen molar-refractivity contribution in [1.82, 2.24) is 10.2 Å². The molecule has 1 rings (SSSR count). The summed E-state index contributed by atoms with van der Waals surface area (Å²) in [7, 11) is 2.19. The van der Waals surface area contributed by atoms with Gasteiger partial charge in [0.1, 0.15) is 5.84 Å². The van der Waals surface area contributed by atoms with Crippen LogP contribution in [-0.4, -0.2) is 48.7 Å². The van der Waals surface area contributed by atoms with Crippen LogP contribution in [0, 0.1) is 5.41 Å². The topological polar surface area (TPSA) is 73.9 Å². The van der Waals surface area contributed by atoms with Crippen molar-refractivity contribution < 1.29 is 5.21 Å². The third-order valence-electron chi connectivity index (χ3n) is 4.18. The maximum Gasteiger partial charge on any atom is 0.144 e. The Morgan fingerprint density at radius 3 is 2.58 bits per heavy atom. The van der Waals surface area contributed by atoms with Crippen molar-refractivity contribution in [3.63, 3.8) is 0 Å². The van der Waals surface area contributed by atoms with E-state index in [0.717, 1.165) is 25.8 Å². The Balaban J connectivity index is 2.08. The molecule has 5 nitrogen and oxygen atoms in total. The molecule has 1 aliphatic heterocycles. The third-order valence-corrected chi connectivity index (χ3v) is 4.18. The maximum atomic E-state index is 8.71. The average Bonchev–Trinajstić information content (AvgIpc) is 2.39. The monoisotopic (exact) mass is 270 g/mol. The SMILES string of the molecule is CN1CCC(NCCCCC(C)(C)C(N)=NO)CC1. The summed E-state index contributed by atoms with van der Waals surface area (Å²) < 4.78 is 0. The zero-order chi connectivity index (χ0) is 14.3. The number of amidine groups is 1. The first-order chi connectivity index (χ1) is 8.95. The van der Waals surface area contributed by atoms with E-state index in [1.165, 1.54) is 25.9 Å². The number of oxime groups is 1. The van der Waals surface area contributed by atoms with Gasteiger partial charge in [-0.05, 0) is 52.4 Å². The van der Waals surface area contributed by atoms with Gasteiger partial charge in [-0.25, -0.2) is 0 Å². The van der Waals surface area contributed by atoms with Gasteiger partial charge in [0.25, 0.3) is 0 Å². The third kappa shape index (κ3) is 5.78. The largest absolute Gasteiger partial charge is 0.409 e. The second-order valence-corrected chi connectivity index (χ2v) is 6.36. The molecule has 0 aromatic heterocycles. The van der Waals surface area contributed by atoms with Gasteiger partial charge >= 0.3 is 0 Å². The minimum Gasteiger partial charge on any atom is -0.409 e. The minimum atomic E-state index is -0.206. The number of nitrogens with two attached hydrogens (primary N) is 1. The molecule has 0 amide bonds. The Morgan fingerprint density at radius 1 is 1.37 bits per heavy atom. The van der Waals surface area contributed by atoms with E-state index in [2.05, 4.69) is 22.4 Å². The fourth-order valence-corrected chi connectivity index (χ4v) is 2.47. The van der Waals surface area contributed by atoms with Crippen LogP contribution >= 0.6 is 0 Å². The molecular weight excluding hydrogens is 240 g/mol. The molecule has 1 fully saturated rings. The van der Waals surface area contributed by atoms with Crippen molar-refractivity contribution in [2.24, 2.45) is 16.3 Å². The Hall–Kier alpha value is -0.810. The standard InChI is InChI=1S/C14H30N4O/c1-14(2,13(15)17-19)8-4-5-9-16-12-6-10-18(3)11-7-12/h12,16,19H,4-11H2,1-3H3,(H2,15,17). The fourth-order valence-electron chi connectivity index (χ4n) is 2.47. The van der Waals surface area contributed by atoms with Gasteiger partial charge in [0.15, 0.2) is 0 Å². The van der Waals surface area contributed by atoms with Gasteiger partial charge in [-0.15, -0.1) is 0 Å². The lowest BCUT2D eigenvalue weighted by Gasteiger charge is -2.29. The average molecular weight is 270 g/mol. The van der Waals surface area contributed by atoms with Gasteiger partial charge < -0.3 is 21.2 Å². The van der Waals surface area contributed by atoms with Gasteiger partial charge in [0, 0.05) is 11.5 Å². The number of unbranched alkanes of at least 4 members (excludes halogenated alkanes) is 1. The van der Waals surface area contributed by atoms with Crippen LogP contribution < -0.4 is 11.1 Å². The van der Waals surface area contributed by atoms with Crippen LogP contribution in [0.25, 0.3) is 0 Å². The Labute approximate surface area is 117 Å². The highest BCUT2D eigenvalue weighted by molar-refractivity contribution is 5.85. The van der Waals surface area contributed by atoms with Crippen molar-refractivity contribution in [3.05, 3.63) is 0 Å². The van der Waals surface area contributed by atoms with Crippen LogP contribution in [0.4, 0.5) is 0 Å². The molecule has 0 aromatic carbocycles. The van der Waals surface area contributed by atoms with E-state index < -0.39 is 0 Å². The molecule has 0 saturated carbocycles. The lowest BCUT2D eigenvalue weighted by Crippen LogP contribution is -2.41. The van der Waals surface area contributed by atoms with Crippen molar-refractivity contribution in [3.8, 4) is 0 Å². The van der Waals surface area contributed by atoms with E-state index in [4.69, 9.17) is 10.9 Å². The molecule has 0 spiro atoms. The number of piperidine rings is 1. The second kappa shape index (κ2) is 7.70. The number of hydrogen-bond acceptors (Lipinski definition) is 4. The van der Waals surface area contributed by atoms with Crippen LogP contribution in [0.15, 0.2) is 5.16 Å². The number of rotatable bonds is 7. The highest BCUT2D eigenvalue weighted by atomic mass is 16.4. The first-order valence-corrected chi connectivity index (χ1v) is 7.35. The predicted molar refractivity (Wildman–Crippen MR) is 79.6 cm³/mol. The first kappa shape index (κ1) is 16.2. The van der Waals surface area contributed by atoms with Crippen LogP contribution in [0.1, 0.15) is 46.0 Å². The molecule has 0 aromatic rings. The van der Waals surface area contributed by atoms with Crippen molar-refractivity contribution >= 4 is 5.84 Å². The van der Waals surface area contributed by atoms with E-state index in [1.54, 1.807) is 0 Å². The summed E-state index contributed by atoms with van der Waals surface area (Å²) in [6.45, 7) is 7.52. The Morgan fingerprint density at radius 2 is 2.00 bits per heavy atom. The highest BCUT2D eigenvalue weighted by Gasteiger charge is 2.22. The molecule has 1 aliphatic rings. The molecule has 0 radical (unpaired) electrons. The van der Waals surface area contributed by atoms with Crippen molar-refractivity contribution in [1.29, 1.82) is 0 Å². The zero-order valence-corrected chi connectivity index (χ0v) is 12.7. The highest BCUT2D eigenvalue weighted by Crippen LogP contribution is 2.23. The van der Waals surface area contributed by atoms with Crippen LogP contribution in [-0.2, 0) is 0 Å². The minimum absolute atomic E-state index is 0.206. The molecular formula is C14H30N4O. The van der Waals surface area contributed by atoms with Gasteiger partial charge in [0.05, 0.1) is 0 Å². The van der Waals surface area contributed by atoms with E-state index >= 15 is 0 Å². The molecule has 112 valence electrons. The lowest BCUT2D eigenvalue weighted by molar-refractivity contribution is 0.234. The van der Waals surface area contributed by atoms with Crippen molar-refractivity contribution in [2.75, 3.05) is 26.7 Å². The van der Waals surface area contributed by atoms with Gasteiger partial charge in [0.2, 0.25) is 0 Å². The summed E-state index contributed by atoms with van der Waals surface area (Å²) in [5.41, 5.74) is 5.47. The summed E-state index contributed by atoms with van der Waals surface area (Å²) in [4.78, 5) is 2.39. The maximum absolute atomic E-state index is 8.71. The second-order valence-electron chi connectivity index (χ2n) is 6.36. The first-order valence-electron chi connectivity index (χ1n) is 7.35. The zero-order valence-electron chi connectivity index (χ0n) is 12.7. The summed E-state index contributed by atoms with van der Waals surface area (Å²) in [5, 5.41) is 15.5. The summed E-state index contributed by atoms with van der Waals surface area (Å²) in [6.07, 6.45) is 5.72. The van der Waals surface area contributed by atoms with Gasteiger partial charge in [-0.1, -0.05) is 25.4 Å². The van der Waals surface area contributed by atoms with E-state index in [0.29, 0.717) is 11.9 Å². The Kier molecular flexibility index (Phi) is 6.58. The molecule has 1 saturated heterocycles. The molecule has 0 unspecified atom stereocenters. The molecule has 19 heavy (non-hydrogen) atoms. The van der Waals surface area contributed by atoms with Crippen LogP contribution in [0.5, 0.6) is 0 Å². The quantitative estimate of drug-likeness (QED) is 0.216. The van der Waals surface area contributed by atoms with E-state index in [-0.39, 0.29) is 5.41 Å². The Bertz CT molecular complexity index is 283. The summed E-state index contributed by atoms with van der Waals surface area (Å²) >= 11 is 0. The van der Waals surface area contributed by atoms with Crippen LogP contribution in [0.3, 0.4) is 0 Å². The molecule has 0 bridgehead atoms. The predicted octanol–water partition coefficient (Wildman–Crippen LogP) is 1.61. The summed E-state index contributed by atoms with van der Waals surface area (Å²) in [5.74, 6) is 0.329. The summed E-state index contributed by atoms with van der Waals surface area (Å²) in [6, 6.07) is 0.688. The number of nitrogens with one attached hydrogen (secondary N) is 1. The van der Waals surface area contributed by atoms with Gasteiger partial charge in [-0.3, -0.25) is 0 Å². The van der Waals surface area contributed by atoms with E-state index in [1.807, 2.05) is 13.8 Å². The smallest absolute Gasteiger partial charge is 0.144 e. The van der Waals surface area contributed by atoms with Crippen LogP contribution in [0.2, 0.25) is 0 Å². The molecule has 0 aliphatic carbocycles. The van der Waals surface area contributed by atoms with Gasteiger partial charge in [-0.2, -0.15) is 0 Å². The normalized spacial score (nSPS) is 19.8. The fraction of sp³-hybridized carbons (Fsp3) is 0.929. The van der Waals surface area contributed by atoms with E-state index in [9.17, 15) is 0 Å². The molecule has 1 heterocycles. The lowest BCUT2D eigenvalue weighted by atomic mass is 9.86. The molecule has 4 N–H and O–H groups in total. The molecule has 5 heteroatoms. The number of likely N-dealkylation sites (tertiary alicyclic amines) is 1. The number of nitrogens with zero attached hydrogens (tertiary/aromatic N) is 2. The number of hydrogen-bond donors (Lipinski definition) is 3. The van der Waals surface area contributed by atoms with Crippen molar-refractivity contribution in [2.45, 2.75) is 52.0 Å². The molecule has 0 atom stereocenters.